The summed E-state index contributed by atoms with van der Waals surface area (Å²) in [4.78, 5) is 11.5. The van der Waals surface area contributed by atoms with Crippen molar-refractivity contribution in [3.05, 3.63) is 0 Å². The third-order valence-electron chi connectivity index (χ3n) is 2.05. The van der Waals surface area contributed by atoms with Crippen molar-refractivity contribution in [2.75, 3.05) is 12.3 Å². The molecule has 4 heteroatoms. The van der Waals surface area contributed by atoms with Gasteiger partial charge in [-0.25, -0.2) is 0 Å². The zero-order valence-corrected chi connectivity index (χ0v) is 8.90. The number of carbonyl (C=O) groups is 1. The molecule has 0 saturated carbocycles. The van der Waals surface area contributed by atoms with E-state index in [0.717, 1.165) is 31.6 Å². The van der Waals surface area contributed by atoms with E-state index < -0.39 is 0 Å². The Kier molecular flexibility index (Phi) is 4.59. The highest BCUT2D eigenvalue weighted by Gasteiger charge is 2.20. The van der Waals surface area contributed by atoms with Crippen molar-refractivity contribution < 1.29 is 4.79 Å². The first-order valence-electron chi connectivity index (χ1n) is 4.85. The fourth-order valence-electron chi connectivity index (χ4n) is 1.34. The minimum atomic E-state index is 0.133. The van der Waals surface area contributed by atoms with Crippen molar-refractivity contribution in [1.82, 2.24) is 5.32 Å². The first-order valence-corrected chi connectivity index (χ1v) is 5.90. The third-order valence-corrected chi connectivity index (χ3v) is 3.62. The van der Waals surface area contributed by atoms with E-state index in [1.165, 1.54) is 0 Å². The molecule has 0 aromatic rings. The molecule has 1 amide bonds. The molecule has 1 rings (SSSR count). The molecule has 76 valence electrons. The Hall–Kier alpha value is -0.220. The van der Waals surface area contributed by atoms with Crippen LogP contribution in [0, 0.1) is 0 Å². The lowest BCUT2D eigenvalue weighted by atomic mass is 10.2. The third kappa shape index (κ3) is 4.00. The Morgan fingerprint density at radius 3 is 3.15 bits per heavy atom. The van der Waals surface area contributed by atoms with Crippen molar-refractivity contribution in [1.29, 1.82) is 0 Å². The summed E-state index contributed by atoms with van der Waals surface area (Å²) in [6, 6.07) is 0.182. The van der Waals surface area contributed by atoms with Gasteiger partial charge in [0.05, 0.1) is 5.25 Å². The van der Waals surface area contributed by atoms with E-state index in [-0.39, 0.29) is 17.2 Å². The van der Waals surface area contributed by atoms with Gasteiger partial charge >= 0.3 is 0 Å². The fraction of sp³-hybridized carbons (Fsp3) is 0.889. The van der Waals surface area contributed by atoms with Crippen LogP contribution in [0.3, 0.4) is 0 Å². The van der Waals surface area contributed by atoms with Gasteiger partial charge in [-0.05, 0) is 19.8 Å². The summed E-state index contributed by atoms with van der Waals surface area (Å²) in [7, 11) is 0. The molecule has 2 atom stereocenters. The van der Waals surface area contributed by atoms with Crippen LogP contribution in [0.4, 0.5) is 0 Å². The lowest BCUT2D eigenvalue weighted by Gasteiger charge is -2.13. The molecule has 13 heavy (non-hydrogen) atoms. The second-order valence-corrected chi connectivity index (χ2v) is 4.82. The minimum Gasteiger partial charge on any atom is -0.355 e. The monoisotopic (exact) mass is 202 g/mol. The molecule has 1 heterocycles. The molecule has 3 N–H and O–H groups in total. The summed E-state index contributed by atoms with van der Waals surface area (Å²) in [6.07, 6.45) is 3.26. The van der Waals surface area contributed by atoms with Gasteiger partial charge in [0, 0.05) is 18.3 Å². The van der Waals surface area contributed by atoms with Crippen LogP contribution in [0.2, 0.25) is 0 Å². The molecule has 2 unspecified atom stereocenters. The number of hydrogen-bond acceptors (Lipinski definition) is 3. The Morgan fingerprint density at radius 2 is 2.46 bits per heavy atom. The number of rotatable bonds is 3. The number of carbonyl (C=O) groups excluding carboxylic acids is 1. The fourth-order valence-corrected chi connectivity index (χ4v) is 2.44. The number of nitrogens with one attached hydrogen (secondary N) is 1. The lowest BCUT2D eigenvalue weighted by Crippen LogP contribution is -2.32. The molecule has 0 radical (unpaired) electrons. The summed E-state index contributed by atoms with van der Waals surface area (Å²) in [5.41, 5.74) is 5.64. The van der Waals surface area contributed by atoms with Crippen LogP contribution in [0.5, 0.6) is 0 Å². The van der Waals surface area contributed by atoms with Crippen molar-refractivity contribution in [3.63, 3.8) is 0 Å². The normalized spacial score (nSPS) is 26.3. The Balaban J connectivity index is 2.32. The number of nitrogens with two attached hydrogens (primary N) is 1. The van der Waals surface area contributed by atoms with Crippen LogP contribution >= 0.6 is 11.8 Å². The minimum absolute atomic E-state index is 0.133. The van der Waals surface area contributed by atoms with E-state index in [1.807, 2.05) is 6.92 Å². The molecular weight excluding hydrogens is 184 g/mol. The van der Waals surface area contributed by atoms with E-state index in [0.29, 0.717) is 0 Å². The maximum atomic E-state index is 11.5. The van der Waals surface area contributed by atoms with Gasteiger partial charge in [-0.3, -0.25) is 4.79 Å². The molecular formula is C9H18N2OS. The second-order valence-electron chi connectivity index (χ2n) is 3.59. The van der Waals surface area contributed by atoms with Gasteiger partial charge in [0.2, 0.25) is 5.91 Å². The van der Waals surface area contributed by atoms with Gasteiger partial charge in [-0.1, -0.05) is 6.42 Å². The van der Waals surface area contributed by atoms with Gasteiger partial charge in [-0.15, -0.1) is 11.8 Å². The molecule has 1 saturated heterocycles. The van der Waals surface area contributed by atoms with Gasteiger partial charge in [0.25, 0.3) is 0 Å². The van der Waals surface area contributed by atoms with Gasteiger partial charge < -0.3 is 11.1 Å². The molecule has 0 aromatic carbocycles. The van der Waals surface area contributed by atoms with Crippen LogP contribution in [0.1, 0.15) is 26.2 Å². The van der Waals surface area contributed by atoms with E-state index in [1.54, 1.807) is 11.8 Å². The van der Waals surface area contributed by atoms with Crippen molar-refractivity contribution in [2.24, 2.45) is 5.73 Å². The molecule has 1 aliphatic heterocycles. The van der Waals surface area contributed by atoms with Crippen molar-refractivity contribution in [3.8, 4) is 0 Å². The summed E-state index contributed by atoms with van der Waals surface area (Å²) < 4.78 is 0. The highest BCUT2D eigenvalue weighted by Crippen LogP contribution is 2.20. The van der Waals surface area contributed by atoms with Crippen LogP contribution < -0.4 is 11.1 Å². The van der Waals surface area contributed by atoms with Crippen molar-refractivity contribution in [2.45, 2.75) is 37.5 Å². The second kappa shape index (κ2) is 5.50. The molecule has 0 aliphatic carbocycles. The topological polar surface area (TPSA) is 55.1 Å². The smallest absolute Gasteiger partial charge is 0.233 e. The molecule has 3 nitrogen and oxygen atoms in total. The zero-order chi connectivity index (χ0) is 9.68. The summed E-state index contributed by atoms with van der Waals surface area (Å²) >= 11 is 1.69. The molecule has 1 fully saturated rings. The predicted molar refractivity (Wildman–Crippen MR) is 56.8 cm³/mol. The van der Waals surface area contributed by atoms with E-state index in [9.17, 15) is 4.79 Å². The van der Waals surface area contributed by atoms with Crippen LogP contribution in [-0.2, 0) is 4.79 Å². The highest BCUT2D eigenvalue weighted by molar-refractivity contribution is 8.00. The van der Waals surface area contributed by atoms with Crippen LogP contribution in [0.25, 0.3) is 0 Å². The first kappa shape index (κ1) is 10.9. The Morgan fingerprint density at radius 1 is 1.69 bits per heavy atom. The molecule has 1 aliphatic rings. The predicted octanol–water partition coefficient (Wildman–Crippen LogP) is 0.736. The summed E-state index contributed by atoms with van der Waals surface area (Å²) in [5.74, 6) is 1.07. The van der Waals surface area contributed by atoms with E-state index in [4.69, 9.17) is 5.73 Å². The van der Waals surface area contributed by atoms with E-state index >= 15 is 0 Å². The first-order chi connectivity index (χ1) is 6.20. The highest BCUT2D eigenvalue weighted by atomic mass is 32.2. The summed E-state index contributed by atoms with van der Waals surface area (Å²) in [6.45, 7) is 2.82. The average molecular weight is 202 g/mol. The molecule has 0 bridgehead atoms. The van der Waals surface area contributed by atoms with Gasteiger partial charge in [0.15, 0.2) is 0 Å². The summed E-state index contributed by atoms with van der Waals surface area (Å²) in [5, 5.41) is 3.05. The van der Waals surface area contributed by atoms with Gasteiger partial charge in [0.1, 0.15) is 0 Å². The van der Waals surface area contributed by atoms with Crippen molar-refractivity contribution >= 4 is 17.7 Å². The molecule has 0 aromatic heterocycles. The largest absolute Gasteiger partial charge is 0.355 e. The quantitative estimate of drug-likeness (QED) is 0.709. The number of thioether (sulfide) groups is 1. The standard InChI is InChI=1S/C9H18N2OS/c1-7(10)6-13-8-4-2-3-5-11-9(8)12/h7-8H,2-6,10H2,1H3,(H,11,12). The lowest BCUT2D eigenvalue weighted by molar-refractivity contribution is -0.120. The maximum Gasteiger partial charge on any atom is 0.233 e. The van der Waals surface area contributed by atoms with Gasteiger partial charge in [-0.2, -0.15) is 0 Å². The Labute approximate surface area is 83.8 Å². The van der Waals surface area contributed by atoms with E-state index in [2.05, 4.69) is 5.32 Å². The SMILES string of the molecule is CC(N)CSC1CCCCNC1=O. The maximum absolute atomic E-state index is 11.5. The zero-order valence-electron chi connectivity index (χ0n) is 8.08. The average Bonchev–Trinajstić information content (AvgIpc) is 2.27. The molecule has 0 spiro atoms. The number of hydrogen-bond donors (Lipinski definition) is 2. The van der Waals surface area contributed by atoms with Crippen LogP contribution in [-0.4, -0.2) is 29.5 Å². The van der Waals surface area contributed by atoms with Crippen LogP contribution in [0.15, 0.2) is 0 Å². The number of amides is 1. The Bertz CT molecular complexity index is 173.